The number of benzene rings is 1. The molecule has 0 bridgehead atoms. The third kappa shape index (κ3) is 4.62. The second-order valence-corrected chi connectivity index (χ2v) is 4.43. The number of H-pyrrole nitrogens is 1. The standard InChI is InChI=1S/C8H8O3S.C3H4N2/c1-2-7-3-5-8(6-4-7)12(9,10)11;1-2-5-3-4-1/h2-6H,1H2,(H,9,10,11);1-3H,(H,4,5). The maximum absolute atomic E-state index is 10.6. The summed E-state index contributed by atoms with van der Waals surface area (Å²) in [5.74, 6) is 0. The van der Waals surface area contributed by atoms with E-state index in [0.717, 1.165) is 5.56 Å². The molecular weight excluding hydrogens is 240 g/mol. The monoisotopic (exact) mass is 252 g/mol. The molecule has 0 spiro atoms. The highest BCUT2D eigenvalue weighted by Crippen LogP contribution is 2.10. The molecule has 0 aliphatic carbocycles. The molecule has 0 unspecified atom stereocenters. The highest BCUT2D eigenvalue weighted by Gasteiger charge is 2.07. The van der Waals surface area contributed by atoms with E-state index in [1.54, 1.807) is 36.9 Å². The summed E-state index contributed by atoms with van der Waals surface area (Å²) in [4.78, 5) is 6.31. The Labute approximate surface area is 99.6 Å². The van der Waals surface area contributed by atoms with Crippen LogP contribution in [0.5, 0.6) is 0 Å². The zero-order chi connectivity index (χ0) is 12.7. The molecule has 0 saturated heterocycles. The molecule has 17 heavy (non-hydrogen) atoms. The van der Waals surface area contributed by atoms with Crippen LogP contribution < -0.4 is 0 Å². The van der Waals surface area contributed by atoms with Gasteiger partial charge < -0.3 is 4.98 Å². The Hall–Kier alpha value is -1.92. The van der Waals surface area contributed by atoms with Crippen molar-refractivity contribution in [3.05, 3.63) is 55.1 Å². The van der Waals surface area contributed by atoms with Gasteiger partial charge in [0.1, 0.15) is 0 Å². The molecule has 1 aromatic heterocycles. The van der Waals surface area contributed by atoms with Crippen LogP contribution in [-0.4, -0.2) is 22.9 Å². The van der Waals surface area contributed by atoms with Crippen molar-refractivity contribution in [1.82, 2.24) is 9.97 Å². The predicted molar refractivity (Wildman–Crippen MR) is 64.9 cm³/mol. The molecule has 0 aliphatic rings. The first kappa shape index (κ1) is 13.1. The minimum Gasteiger partial charge on any atom is -0.351 e. The molecule has 90 valence electrons. The lowest BCUT2D eigenvalue weighted by molar-refractivity contribution is 0.483. The van der Waals surface area contributed by atoms with Gasteiger partial charge in [-0.1, -0.05) is 24.8 Å². The van der Waals surface area contributed by atoms with Gasteiger partial charge in [0.05, 0.1) is 11.2 Å². The van der Waals surface area contributed by atoms with Gasteiger partial charge in [-0.3, -0.25) is 4.55 Å². The summed E-state index contributed by atoms with van der Waals surface area (Å²) in [6.07, 6.45) is 6.67. The average Bonchev–Trinajstić information content (AvgIpc) is 2.86. The van der Waals surface area contributed by atoms with E-state index in [0.29, 0.717) is 0 Å². The quantitative estimate of drug-likeness (QED) is 0.800. The highest BCUT2D eigenvalue weighted by molar-refractivity contribution is 7.85. The van der Waals surface area contributed by atoms with E-state index in [1.165, 1.54) is 12.1 Å². The molecule has 0 fully saturated rings. The molecule has 0 aliphatic heterocycles. The van der Waals surface area contributed by atoms with Gasteiger partial charge in [0, 0.05) is 12.4 Å². The van der Waals surface area contributed by atoms with Crippen molar-refractivity contribution in [2.24, 2.45) is 0 Å². The zero-order valence-corrected chi connectivity index (χ0v) is 9.76. The van der Waals surface area contributed by atoms with E-state index in [-0.39, 0.29) is 4.90 Å². The lowest BCUT2D eigenvalue weighted by atomic mass is 10.2. The first-order valence-electron chi connectivity index (χ1n) is 4.67. The number of aromatic amines is 1. The van der Waals surface area contributed by atoms with Crippen LogP contribution in [0, 0.1) is 0 Å². The van der Waals surface area contributed by atoms with Crippen molar-refractivity contribution in [3.63, 3.8) is 0 Å². The minimum atomic E-state index is -4.06. The molecule has 6 heteroatoms. The van der Waals surface area contributed by atoms with E-state index < -0.39 is 10.1 Å². The number of imidazole rings is 1. The molecule has 0 saturated carbocycles. The lowest BCUT2D eigenvalue weighted by Gasteiger charge is -1.96. The number of nitrogens with one attached hydrogen (secondary N) is 1. The van der Waals surface area contributed by atoms with Crippen LogP contribution in [0.4, 0.5) is 0 Å². The number of aromatic nitrogens is 2. The van der Waals surface area contributed by atoms with Gasteiger partial charge in [-0.05, 0) is 17.7 Å². The fraction of sp³-hybridized carbons (Fsp3) is 0. The van der Waals surface area contributed by atoms with E-state index in [1.807, 2.05) is 0 Å². The third-order valence-electron chi connectivity index (χ3n) is 1.82. The van der Waals surface area contributed by atoms with E-state index in [4.69, 9.17) is 4.55 Å². The van der Waals surface area contributed by atoms with Gasteiger partial charge in [-0.25, -0.2) is 4.98 Å². The van der Waals surface area contributed by atoms with Crippen molar-refractivity contribution >= 4 is 16.2 Å². The smallest absolute Gasteiger partial charge is 0.294 e. The summed E-state index contributed by atoms with van der Waals surface area (Å²) < 4.78 is 29.7. The van der Waals surface area contributed by atoms with Crippen molar-refractivity contribution in [3.8, 4) is 0 Å². The van der Waals surface area contributed by atoms with Crippen molar-refractivity contribution in [1.29, 1.82) is 0 Å². The largest absolute Gasteiger partial charge is 0.351 e. The molecular formula is C11H12N2O3S. The second-order valence-electron chi connectivity index (χ2n) is 3.01. The topological polar surface area (TPSA) is 83.0 Å². The van der Waals surface area contributed by atoms with Gasteiger partial charge in [0.15, 0.2) is 0 Å². The Balaban J connectivity index is 0.000000239. The number of rotatable bonds is 2. The Morgan fingerprint density at radius 1 is 1.29 bits per heavy atom. The Morgan fingerprint density at radius 2 is 1.94 bits per heavy atom. The number of nitrogens with zero attached hydrogens (tertiary/aromatic N) is 1. The normalized spacial score (nSPS) is 10.2. The zero-order valence-electron chi connectivity index (χ0n) is 8.95. The molecule has 2 aromatic rings. The predicted octanol–water partition coefficient (Wildman–Crippen LogP) is 1.99. The van der Waals surface area contributed by atoms with Crippen LogP contribution in [0.1, 0.15) is 5.56 Å². The van der Waals surface area contributed by atoms with Gasteiger partial charge in [0.25, 0.3) is 10.1 Å². The summed E-state index contributed by atoms with van der Waals surface area (Å²) in [6, 6.07) is 5.78. The Morgan fingerprint density at radius 3 is 2.24 bits per heavy atom. The molecule has 2 rings (SSSR count). The molecule has 1 heterocycles. The summed E-state index contributed by atoms with van der Waals surface area (Å²) in [5.41, 5.74) is 0.808. The van der Waals surface area contributed by atoms with Gasteiger partial charge in [-0.15, -0.1) is 0 Å². The summed E-state index contributed by atoms with van der Waals surface area (Å²) >= 11 is 0. The summed E-state index contributed by atoms with van der Waals surface area (Å²) in [5, 5.41) is 0. The molecule has 0 radical (unpaired) electrons. The highest BCUT2D eigenvalue weighted by atomic mass is 32.2. The fourth-order valence-electron chi connectivity index (χ4n) is 0.991. The molecule has 0 amide bonds. The third-order valence-corrected chi connectivity index (χ3v) is 2.69. The van der Waals surface area contributed by atoms with E-state index in [2.05, 4.69) is 16.5 Å². The molecule has 0 atom stereocenters. The maximum Gasteiger partial charge on any atom is 0.294 e. The summed E-state index contributed by atoms with van der Waals surface area (Å²) in [7, 11) is -4.06. The van der Waals surface area contributed by atoms with Gasteiger partial charge >= 0.3 is 0 Å². The van der Waals surface area contributed by atoms with Crippen LogP contribution in [0.3, 0.4) is 0 Å². The lowest BCUT2D eigenvalue weighted by Crippen LogP contribution is -1.96. The molecule has 1 aromatic carbocycles. The van der Waals surface area contributed by atoms with E-state index >= 15 is 0 Å². The van der Waals surface area contributed by atoms with Crippen LogP contribution in [-0.2, 0) is 10.1 Å². The Bertz CT molecular complexity index is 528. The minimum absolute atomic E-state index is 0.104. The van der Waals surface area contributed by atoms with Gasteiger partial charge in [-0.2, -0.15) is 8.42 Å². The van der Waals surface area contributed by atoms with Crippen LogP contribution in [0.25, 0.3) is 6.08 Å². The fourth-order valence-corrected chi connectivity index (χ4v) is 1.47. The van der Waals surface area contributed by atoms with Crippen molar-refractivity contribution < 1.29 is 13.0 Å². The number of hydrogen-bond donors (Lipinski definition) is 2. The SMILES string of the molecule is C=Cc1ccc(S(=O)(=O)O)cc1.c1c[nH]cn1. The molecule has 5 nitrogen and oxygen atoms in total. The van der Waals surface area contributed by atoms with Gasteiger partial charge in [0.2, 0.25) is 0 Å². The van der Waals surface area contributed by atoms with Crippen LogP contribution >= 0.6 is 0 Å². The van der Waals surface area contributed by atoms with E-state index in [9.17, 15) is 8.42 Å². The number of hydrogen-bond acceptors (Lipinski definition) is 3. The average molecular weight is 252 g/mol. The second kappa shape index (κ2) is 5.97. The first-order valence-corrected chi connectivity index (χ1v) is 6.11. The van der Waals surface area contributed by atoms with Crippen LogP contribution in [0.2, 0.25) is 0 Å². The maximum atomic E-state index is 10.6. The molecule has 2 N–H and O–H groups in total. The van der Waals surface area contributed by atoms with Crippen LogP contribution in [0.15, 0.2) is 54.5 Å². The Kier molecular flexibility index (Phi) is 4.62. The first-order chi connectivity index (χ1) is 8.04. The summed E-state index contributed by atoms with van der Waals surface area (Å²) in [6.45, 7) is 3.51. The van der Waals surface area contributed by atoms with Crippen molar-refractivity contribution in [2.45, 2.75) is 4.90 Å². The van der Waals surface area contributed by atoms with Crippen molar-refractivity contribution in [2.75, 3.05) is 0 Å².